The Labute approximate surface area is 154 Å². The predicted octanol–water partition coefficient (Wildman–Crippen LogP) is 3.08. The van der Waals surface area contributed by atoms with Crippen molar-refractivity contribution in [1.82, 2.24) is 5.32 Å². The third-order valence-electron chi connectivity index (χ3n) is 6.39. The van der Waals surface area contributed by atoms with Crippen molar-refractivity contribution < 1.29 is 14.5 Å². The fourth-order valence-corrected chi connectivity index (χ4v) is 5.30. The van der Waals surface area contributed by atoms with Gasteiger partial charge in [-0.05, 0) is 51.3 Å². The Morgan fingerprint density at radius 3 is 2.54 bits per heavy atom. The smallest absolute Gasteiger partial charge is 0.313 e. The van der Waals surface area contributed by atoms with Crippen LogP contribution in [0.2, 0.25) is 0 Å². The molecule has 6 nitrogen and oxygen atoms in total. The van der Waals surface area contributed by atoms with Crippen LogP contribution in [0.25, 0.3) is 0 Å². The minimum atomic E-state index is -0.853. The van der Waals surface area contributed by atoms with E-state index < -0.39 is 16.9 Å². The number of piperidine rings is 1. The zero-order valence-electron chi connectivity index (χ0n) is 15.4. The Morgan fingerprint density at radius 1 is 1.23 bits per heavy atom. The first-order chi connectivity index (χ1) is 12.6. The molecule has 0 bridgehead atoms. The van der Waals surface area contributed by atoms with Crippen LogP contribution >= 0.6 is 0 Å². The summed E-state index contributed by atoms with van der Waals surface area (Å²) in [7, 11) is 0. The predicted molar refractivity (Wildman–Crippen MR) is 98.5 cm³/mol. The van der Waals surface area contributed by atoms with E-state index in [1.165, 1.54) is 0 Å². The van der Waals surface area contributed by atoms with Crippen molar-refractivity contribution >= 4 is 5.97 Å². The Hall–Kier alpha value is -1.95. The molecule has 2 fully saturated rings. The summed E-state index contributed by atoms with van der Waals surface area (Å²) in [6.45, 7) is 3.45. The summed E-state index contributed by atoms with van der Waals surface area (Å²) in [6, 6.07) is 8.92. The van der Waals surface area contributed by atoms with E-state index in [0.29, 0.717) is 45.4 Å². The molecule has 1 heterocycles. The molecule has 0 radical (unpaired) electrons. The van der Waals surface area contributed by atoms with Gasteiger partial charge in [0.2, 0.25) is 6.04 Å². The highest BCUT2D eigenvalue weighted by Crippen LogP contribution is 2.57. The van der Waals surface area contributed by atoms with Crippen LogP contribution in [0.15, 0.2) is 30.3 Å². The van der Waals surface area contributed by atoms with Crippen molar-refractivity contribution in [3.63, 3.8) is 0 Å². The van der Waals surface area contributed by atoms with E-state index in [1.54, 1.807) is 6.92 Å². The number of nitrogens with one attached hydrogen (secondary N) is 1. The van der Waals surface area contributed by atoms with Crippen molar-refractivity contribution in [2.24, 2.45) is 5.41 Å². The van der Waals surface area contributed by atoms with Gasteiger partial charge in [0.25, 0.3) is 0 Å². The Balaban J connectivity index is 2.23. The number of hydrogen-bond donors (Lipinski definition) is 1. The van der Waals surface area contributed by atoms with Crippen LogP contribution in [-0.4, -0.2) is 36.6 Å². The molecular weight excluding hydrogens is 332 g/mol. The maximum atomic E-state index is 13.3. The van der Waals surface area contributed by atoms with Gasteiger partial charge in [-0.2, -0.15) is 0 Å². The van der Waals surface area contributed by atoms with Crippen LogP contribution in [0.1, 0.15) is 51.0 Å². The second-order valence-corrected chi connectivity index (χ2v) is 7.44. The second kappa shape index (κ2) is 7.74. The van der Waals surface area contributed by atoms with Crippen molar-refractivity contribution in [3.05, 3.63) is 46.0 Å². The molecule has 26 heavy (non-hydrogen) atoms. The molecular formula is C20H28N2O4. The van der Waals surface area contributed by atoms with Crippen LogP contribution in [-0.2, 0) is 14.9 Å². The van der Waals surface area contributed by atoms with E-state index in [4.69, 9.17) is 4.74 Å². The molecule has 6 heteroatoms. The average molecular weight is 360 g/mol. The number of carbonyl (C=O) groups is 1. The summed E-state index contributed by atoms with van der Waals surface area (Å²) in [5.74, 6) is -0.265. The highest BCUT2D eigenvalue weighted by molar-refractivity contribution is 5.80. The van der Waals surface area contributed by atoms with Gasteiger partial charge in [-0.1, -0.05) is 36.8 Å². The van der Waals surface area contributed by atoms with Gasteiger partial charge in [0, 0.05) is 11.3 Å². The van der Waals surface area contributed by atoms with Crippen LogP contribution in [0.4, 0.5) is 0 Å². The molecule has 1 aliphatic carbocycles. The van der Waals surface area contributed by atoms with Crippen LogP contribution < -0.4 is 5.32 Å². The molecule has 1 N–H and O–H groups in total. The quantitative estimate of drug-likeness (QED) is 0.496. The number of rotatable bonds is 5. The fourth-order valence-electron chi connectivity index (χ4n) is 5.30. The van der Waals surface area contributed by atoms with Crippen LogP contribution in [0.3, 0.4) is 0 Å². The van der Waals surface area contributed by atoms with Gasteiger partial charge in [0.1, 0.15) is 0 Å². The summed E-state index contributed by atoms with van der Waals surface area (Å²) >= 11 is 0. The lowest BCUT2D eigenvalue weighted by Gasteiger charge is -2.53. The zero-order chi connectivity index (χ0) is 18.6. The van der Waals surface area contributed by atoms with Crippen molar-refractivity contribution in [2.45, 2.75) is 56.9 Å². The molecule has 0 spiro atoms. The molecule has 0 aromatic heterocycles. The number of nitro groups is 1. The van der Waals surface area contributed by atoms with Crippen LogP contribution in [0, 0.1) is 15.5 Å². The highest BCUT2D eigenvalue weighted by atomic mass is 16.6. The number of benzene rings is 1. The number of hydrogen-bond acceptors (Lipinski definition) is 5. The normalized spacial score (nSPS) is 28.3. The van der Waals surface area contributed by atoms with Crippen molar-refractivity contribution in [2.75, 3.05) is 19.7 Å². The first-order valence-electron chi connectivity index (χ1n) is 9.65. The van der Waals surface area contributed by atoms with E-state index in [0.717, 1.165) is 18.4 Å². The van der Waals surface area contributed by atoms with Gasteiger partial charge in [-0.3, -0.25) is 14.9 Å². The summed E-state index contributed by atoms with van der Waals surface area (Å²) in [5.41, 5.74) is -0.755. The molecule has 2 atom stereocenters. The number of esters is 1. The topological polar surface area (TPSA) is 81.5 Å². The van der Waals surface area contributed by atoms with Gasteiger partial charge in [-0.25, -0.2) is 0 Å². The van der Waals surface area contributed by atoms with E-state index in [2.05, 4.69) is 5.32 Å². The maximum Gasteiger partial charge on any atom is 0.313 e. The minimum absolute atomic E-state index is 0.144. The Morgan fingerprint density at radius 2 is 1.92 bits per heavy atom. The van der Waals surface area contributed by atoms with Crippen molar-refractivity contribution in [1.29, 1.82) is 0 Å². The molecule has 0 amide bonds. The fraction of sp³-hybridized carbons (Fsp3) is 0.650. The molecule has 1 aromatic rings. The molecule has 1 aliphatic heterocycles. The summed E-state index contributed by atoms with van der Waals surface area (Å²) in [6.07, 6.45) is 4.04. The van der Waals surface area contributed by atoms with Crippen molar-refractivity contribution in [3.8, 4) is 0 Å². The number of ether oxygens (including phenoxy) is 1. The molecule has 1 saturated carbocycles. The summed E-state index contributed by atoms with van der Waals surface area (Å²) < 4.78 is 5.52. The lowest BCUT2D eigenvalue weighted by atomic mass is 9.49. The number of nitrogens with zero attached hydrogens (tertiary/aromatic N) is 1. The van der Waals surface area contributed by atoms with Gasteiger partial charge in [-0.15, -0.1) is 0 Å². The molecule has 142 valence electrons. The van der Waals surface area contributed by atoms with E-state index in [-0.39, 0.29) is 10.9 Å². The number of carbonyl (C=O) groups excluding carboxylic acids is 1. The lowest BCUT2D eigenvalue weighted by Crippen LogP contribution is -2.64. The SMILES string of the molecule is CCOC(=O)C1(C2(c3ccccc3)CCCCC2[N+](=O)[O-])CCNCC1. The monoisotopic (exact) mass is 360 g/mol. The molecule has 2 aliphatic rings. The molecule has 1 saturated heterocycles. The summed E-state index contributed by atoms with van der Waals surface area (Å²) in [5, 5.41) is 15.5. The third-order valence-corrected chi connectivity index (χ3v) is 6.39. The Kier molecular flexibility index (Phi) is 5.61. The first kappa shape index (κ1) is 18.8. The Bertz CT molecular complexity index is 642. The molecule has 1 aromatic carbocycles. The van der Waals surface area contributed by atoms with E-state index in [1.807, 2.05) is 30.3 Å². The highest BCUT2D eigenvalue weighted by Gasteiger charge is 2.66. The molecule has 3 rings (SSSR count). The summed E-state index contributed by atoms with van der Waals surface area (Å²) in [4.78, 5) is 25.3. The largest absolute Gasteiger partial charge is 0.466 e. The first-order valence-corrected chi connectivity index (χ1v) is 9.65. The van der Waals surface area contributed by atoms with Gasteiger partial charge >= 0.3 is 5.97 Å². The van der Waals surface area contributed by atoms with Gasteiger partial charge in [0.15, 0.2) is 0 Å². The van der Waals surface area contributed by atoms with Gasteiger partial charge in [0.05, 0.1) is 17.4 Å². The molecule has 2 unspecified atom stereocenters. The average Bonchev–Trinajstić information content (AvgIpc) is 2.69. The standard InChI is InChI=1S/C20H28N2O4/c1-2-26-18(23)19(12-14-21-15-13-19)20(16-8-4-3-5-9-16)11-7-6-10-17(20)22(24)25/h3-5,8-9,17,21H,2,6-7,10-15H2,1H3. The van der Waals surface area contributed by atoms with Gasteiger partial charge < -0.3 is 10.1 Å². The van der Waals surface area contributed by atoms with E-state index >= 15 is 0 Å². The minimum Gasteiger partial charge on any atom is -0.466 e. The van der Waals surface area contributed by atoms with E-state index in [9.17, 15) is 14.9 Å². The second-order valence-electron chi connectivity index (χ2n) is 7.44. The lowest BCUT2D eigenvalue weighted by molar-refractivity contribution is -0.543. The zero-order valence-corrected chi connectivity index (χ0v) is 15.4. The van der Waals surface area contributed by atoms with Crippen LogP contribution in [0.5, 0.6) is 0 Å². The third kappa shape index (κ3) is 2.90. The maximum absolute atomic E-state index is 13.3.